The molecule has 1 heterocycles. The van der Waals surface area contributed by atoms with Crippen LogP contribution in [0.1, 0.15) is 25.0 Å². The van der Waals surface area contributed by atoms with Gasteiger partial charge in [-0.3, -0.25) is 4.79 Å². The summed E-state index contributed by atoms with van der Waals surface area (Å²) in [5, 5.41) is 2.90. The van der Waals surface area contributed by atoms with Crippen molar-refractivity contribution < 1.29 is 23.7 Å². The second-order valence-corrected chi connectivity index (χ2v) is 6.42. The number of fused-ring (bicyclic) bond motifs is 1. The molecular weight excluding hydrogens is 370 g/mol. The van der Waals surface area contributed by atoms with Gasteiger partial charge in [-0.1, -0.05) is 12.1 Å². The van der Waals surface area contributed by atoms with Gasteiger partial charge in [0, 0.05) is 12.6 Å². The number of carbonyl (C=O) groups is 1. The fourth-order valence-corrected chi connectivity index (χ4v) is 2.98. The van der Waals surface area contributed by atoms with Crippen LogP contribution in [0.5, 0.6) is 23.0 Å². The smallest absolute Gasteiger partial charge is 0.244 e. The summed E-state index contributed by atoms with van der Waals surface area (Å²) in [6.07, 6.45) is 3.99. The highest BCUT2D eigenvalue weighted by Gasteiger charge is 2.11. The van der Waals surface area contributed by atoms with Crippen molar-refractivity contribution in [2.45, 2.75) is 20.3 Å². The molecule has 0 radical (unpaired) electrons. The Hall–Kier alpha value is -3.15. The summed E-state index contributed by atoms with van der Waals surface area (Å²) in [7, 11) is 0. The maximum Gasteiger partial charge on any atom is 0.244 e. The zero-order valence-corrected chi connectivity index (χ0v) is 16.9. The van der Waals surface area contributed by atoms with E-state index >= 15 is 0 Å². The molecule has 0 aromatic heterocycles. The third-order valence-corrected chi connectivity index (χ3v) is 4.31. The molecule has 0 spiro atoms. The summed E-state index contributed by atoms with van der Waals surface area (Å²) in [6, 6.07) is 11.5. The van der Waals surface area contributed by atoms with Gasteiger partial charge in [-0.2, -0.15) is 0 Å². The van der Waals surface area contributed by atoms with E-state index in [1.807, 2.05) is 50.2 Å². The third kappa shape index (κ3) is 5.91. The normalized spacial score (nSPS) is 12.6. The van der Waals surface area contributed by atoms with E-state index in [4.69, 9.17) is 18.9 Å². The van der Waals surface area contributed by atoms with Crippen LogP contribution in [0.3, 0.4) is 0 Å². The Morgan fingerprint density at radius 2 is 1.76 bits per heavy atom. The van der Waals surface area contributed by atoms with E-state index in [2.05, 4.69) is 5.32 Å². The van der Waals surface area contributed by atoms with Crippen molar-refractivity contribution in [2.24, 2.45) is 0 Å². The number of amides is 1. The van der Waals surface area contributed by atoms with E-state index < -0.39 is 0 Å². The molecule has 1 aliphatic rings. The van der Waals surface area contributed by atoms with Gasteiger partial charge in [0.15, 0.2) is 23.0 Å². The molecule has 6 nitrogen and oxygen atoms in total. The van der Waals surface area contributed by atoms with Gasteiger partial charge in [-0.15, -0.1) is 0 Å². The van der Waals surface area contributed by atoms with Crippen molar-refractivity contribution >= 4 is 12.0 Å². The average Bonchev–Trinajstić information content (AvgIpc) is 2.74. The van der Waals surface area contributed by atoms with Crippen LogP contribution in [0.15, 0.2) is 42.5 Å². The monoisotopic (exact) mass is 397 g/mol. The van der Waals surface area contributed by atoms with Crippen LogP contribution in [0, 0.1) is 0 Å². The molecule has 3 rings (SSSR count). The molecule has 1 N–H and O–H groups in total. The fourth-order valence-electron chi connectivity index (χ4n) is 2.98. The highest BCUT2D eigenvalue weighted by molar-refractivity contribution is 5.91. The largest absolute Gasteiger partial charge is 0.490 e. The molecule has 154 valence electrons. The topological polar surface area (TPSA) is 66.0 Å². The molecule has 1 amide bonds. The summed E-state index contributed by atoms with van der Waals surface area (Å²) in [5.74, 6) is 2.77. The molecule has 0 atom stereocenters. The van der Waals surface area contributed by atoms with E-state index in [0.717, 1.165) is 28.4 Å². The quantitative estimate of drug-likeness (QED) is 0.655. The lowest BCUT2D eigenvalue weighted by atomic mass is 10.1. The lowest BCUT2D eigenvalue weighted by Crippen LogP contribution is -2.23. The van der Waals surface area contributed by atoms with Crippen molar-refractivity contribution in [1.82, 2.24) is 5.32 Å². The average molecular weight is 397 g/mol. The van der Waals surface area contributed by atoms with E-state index in [9.17, 15) is 4.79 Å². The molecule has 0 saturated carbocycles. The Kier molecular flexibility index (Phi) is 7.39. The van der Waals surface area contributed by atoms with Gasteiger partial charge in [0.25, 0.3) is 0 Å². The summed E-state index contributed by atoms with van der Waals surface area (Å²) < 4.78 is 22.3. The minimum Gasteiger partial charge on any atom is -0.490 e. The van der Waals surface area contributed by atoms with E-state index in [-0.39, 0.29) is 5.91 Å². The number of hydrogen-bond donors (Lipinski definition) is 1. The van der Waals surface area contributed by atoms with Crippen molar-refractivity contribution in [3.05, 3.63) is 53.6 Å². The molecular formula is C23H27NO5. The maximum absolute atomic E-state index is 12.1. The second-order valence-electron chi connectivity index (χ2n) is 6.42. The van der Waals surface area contributed by atoms with Crippen molar-refractivity contribution in [1.29, 1.82) is 0 Å². The van der Waals surface area contributed by atoms with Crippen molar-refractivity contribution in [2.75, 3.05) is 33.0 Å². The first kappa shape index (κ1) is 20.6. The number of benzene rings is 2. The molecule has 0 bridgehead atoms. The van der Waals surface area contributed by atoms with E-state index in [0.29, 0.717) is 45.1 Å². The lowest BCUT2D eigenvalue weighted by molar-refractivity contribution is -0.116. The SMILES string of the molecule is CCOc1ccc(CCNC(=O)C=Cc2ccc3c(c2)OCCO3)cc1OCC. The highest BCUT2D eigenvalue weighted by Crippen LogP contribution is 2.31. The van der Waals surface area contributed by atoms with Crippen molar-refractivity contribution in [3.63, 3.8) is 0 Å². The number of hydrogen-bond acceptors (Lipinski definition) is 5. The van der Waals surface area contributed by atoms with Crippen LogP contribution in [0.25, 0.3) is 6.08 Å². The van der Waals surface area contributed by atoms with Crippen LogP contribution in [-0.4, -0.2) is 38.9 Å². The first-order valence-corrected chi connectivity index (χ1v) is 9.93. The first-order chi connectivity index (χ1) is 14.2. The minimum atomic E-state index is -0.143. The van der Waals surface area contributed by atoms with Gasteiger partial charge >= 0.3 is 0 Å². The fraction of sp³-hybridized carbons (Fsp3) is 0.348. The third-order valence-electron chi connectivity index (χ3n) is 4.31. The lowest BCUT2D eigenvalue weighted by Gasteiger charge is -2.18. The molecule has 0 fully saturated rings. The van der Waals surface area contributed by atoms with E-state index in [1.165, 1.54) is 6.08 Å². The predicted molar refractivity (Wildman–Crippen MR) is 112 cm³/mol. The van der Waals surface area contributed by atoms with Crippen LogP contribution in [0.2, 0.25) is 0 Å². The summed E-state index contributed by atoms with van der Waals surface area (Å²) >= 11 is 0. The van der Waals surface area contributed by atoms with Crippen LogP contribution < -0.4 is 24.3 Å². The maximum atomic E-state index is 12.1. The van der Waals surface area contributed by atoms with Crippen LogP contribution in [-0.2, 0) is 11.2 Å². The zero-order valence-electron chi connectivity index (χ0n) is 16.9. The minimum absolute atomic E-state index is 0.143. The Bertz CT molecular complexity index is 862. The molecule has 0 aliphatic carbocycles. The Morgan fingerprint density at radius 1 is 1.00 bits per heavy atom. The van der Waals surface area contributed by atoms with Gasteiger partial charge in [-0.05, 0) is 61.7 Å². The second kappa shape index (κ2) is 10.4. The van der Waals surface area contributed by atoms with Gasteiger partial charge in [0.1, 0.15) is 13.2 Å². The van der Waals surface area contributed by atoms with Gasteiger partial charge in [-0.25, -0.2) is 0 Å². The van der Waals surface area contributed by atoms with Crippen molar-refractivity contribution in [3.8, 4) is 23.0 Å². The summed E-state index contributed by atoms with van der Waals surface area (Å²) in [5.41, 5.74) is 1.96. The highest BCUT2D eigenvalue weighted by atomic mass is 16.6. The molecule has 2 aromatic rings. The number of ether oxygens (including phenoxy) is 4. The van der Waals surface area contributed by atoms with Crippen LogP contribution >= 0.6 is 0 Å². The van der Waals surface area contributed by atoms with Gasteiger partial charge < -0.3 is 24.3 Å². The summed E-state index contributed by atoms with van der Waals surface area (Å²) in [4.78, 5) is 12.1. The number of carbonyl (C=O) groups excluding carboxylic acids is 1. The molecule has 1 aliphatic heterocycles. The Labute approximate surface area is 171 Å². The Balaban J connectivity index is 1.50. The van der Waals surface area contributed by atoms with E-state index in [1.54, 1.807) is 6.08 Å². The zero-order chi connectivity index (χ0) is 20.5. The predicted octanol–water partition coefficient (Wildman–Crippen LogP) is 3.63. The standard InChI is InChI=1S/C23H27NO5/c1-3-26-19-8-6-18(16-21(19)27-4-2)11-12-24-23(25)10-7-17-5-9-20-22(15-17)29-14-13-28-20/h5-10,15-16H,3-4,11-14H2,1-2H3,(H,24,25). The molecule has 29 heavy (non-hydrogen) atoms. The molecule has 0 unspecified atom stereocenters. The molecule has 2 aromatic carbocycles. The number of nitrogens with one attached hydrogen (secondary N) is 1. The van der Waals surface area contributed by atoms with Gasteiger partial charge in [0.05, 0.1) is 13.2 Å². The molecule has 6 heteroatoms. The Morgan fingerprint density at radius 3 is 2.55 bits per heavy atom. The molecule has 0 saturated heterocycles. The number of rotatable bonds is 9. The first-order valence-electron chi connectivity index (χ1n) is 9.93. The van der Waals surface area contributed by atoms with Gasteiger partial charge in [0.2, 0.25) is 5.91 Å². The summed E-state index contributed by atoms with van der Waals surface area (Å²) in [6.45, 7) is 6.68. The van der Waals surface area contributed by atoms with Crippen LogP contribution in [0.4, 0.5) is 0 Å².